The number of β-lactam (4-membered cyclic amide) rings is 1. The molecule has 12 nitrogen and oxygen atoms in total. The number of Topliss-reactive ketones (excluding diaryl/α,β-unsaturated/α-hetero) is 1. The number of hydrogen-bond acceptors (Lipinski definition) is 11. The maximum Gasteiger partial charge on any atom is 0.249 e. The molecule has 180 valence electrons. The van der Waals surface area contributed by atoms with Crippen LogP contribution in [0.25, 0.3) is 0 Å². The van der Waals surface area contributed by atoms with Crippen LogP contribution in [-0.2, 0) is 70.1 Å². The summed E-state index contributed by atoms with van der Waals surface area (Å²) in [6.07, 6.45) is -1.91. The molecule has 0 radical (unpaired) electrons. The third-order valence-electron chi connectivity index (χ3n) is 5.12. The molecule has 1 heterocycles. The fraction of sp³-hybridized carbons (Fsp3) is 0.889. The molecule has 0 aromatic heterocycles. The molecule has 2 aliphatic rings. The van der Waals surface area contributed by atoms with E-state index in [-0.39, 0.29) is 40.7 Å². The van der Waals surface area contributed by atoms with Crippen LogP contribution < -0.4 is 0 Å². The van der Waals surface area contributed by atoms with Crippen molar-refractivity contribution in [2.24, 2.45) is 5.92 Å². The number of amides is 1. The number of rotatable bonds is 14. The summed E-state index contributed by atoms with van der Waals surface area (Å²) in [6.45, 7) is 8.03. The van der Waals surface area contributed by atoms with E-state index in [0.29, 0.717) is 30.9 Å². The summed E-state index contributed by atoms with van der Waals surface area (Å²) in [4.78, 5) is 45.0. The molecular weight excluding hydrogens is 590 g/mol. The minimum absolute atomic E-state index is 0. The Kier molecular flexibility index (Phi) is 12.8. The molecule has 1 aliphatic carbocycles. The normalized spacial score (nSPS) is 30.4. The van der Waals surface area contributed by atoms with Crippen LogP contribution >= 0.6 is 0 Å². The van der Waals surface area contributed by atoms with E-state index in [4.69, 9.17) is 29.3 Å². The number of carbonyl (C=O) groups is 2. The number of ketones is 1. The predicted octanol–water partition coefficient (Wildman–Crippen LogP) is 1.61. The molecule has 0 aromatic rings. The van der Waals surface area contributed by atoms with Crippen molar-refractivity contribution in [3.8, 4) is 0 Å². The summed E-state index contributed by atoms with van der Waals surface area (Å²) < 4.78 is 5.71. The van der Waals surface area contributed by atoms with Gasteiger partial charge in [-0.2, -0.15) is 9.78 Å². The Morgan fingerprint density at radius 2 is 1.55 bits per heavy atom. The fourth-order valence-corrected chi connectivity index (χ4v) is 3.53. The number of ether oxygens (including phenoxy) is 1. The molecule has 1 unspecified atom stereocenters. The zero-order valence-electron chi connectivity index (χ0n) is 18.1. The Bertz CT molecular complexity index is 569. The molecule has 5 atom stereocenters. The molecule has 1 saturated heterocycles. The molecular formula is C18H31NO11W. The number of hydroxylamine groups is 2. The Balaban J connectivity index is 0.00000480. The molecule has 2 fully saturated rings. The van der Waals surface area contributed by atoms with Crippen molar-refractivity contribution in [2.75, 3.05) is 19.8 Å². The SMILES string of the molecule is CCCOOOO[C@@H]1[C@H](OOOCCC)C(=O)[C@@H](OCCC)[C@@H](C)C12CC(=O)N2O.[W]. The first-order valence-corrected chi connectivity index (χ1v) is 10.2. The summed E-state index contributed by atoms with van der Waals surface area (Å²) in [5.74, 6) is -1.72. The first-order valence-electron chi connectivity index (χ1n) is 10.2. The van der Waals surface area contributed by atoms with Crippen molar-refractivity contribution in [1.82, 2.24) is 5.06 Å². The van der Waals surface area contributed by atoms with Gasteiger partial charge >= 0.3 is 0 Å². The van der Waals surface area contributed by atoms with Gasteiger partial charge in [-0.15, -0.1) is 0 Å². The molecule has 0 bridgehead atoms. The number of nitrogens with zero attached hydrogens (tertiary/aromatic N) is 1. The van der Waals surface area contributed by atoms with Crippen LogP contribution in [0.3, 0.4) is 0 Å². The van der Waals surface area contributed by atoms with Gasteiger partial charge in [0, 0.05) is 33.6 Å². The summed E-state index contributed by atoms with van der Waals surface area (Å²) in [7, 11) is 0. The maximum atomic E-state index is 13.1. The van der Waals surface area contributed by atoms with E-state index < -0.39 is 41.5 Å². The molecule has 13 heteroatoms. The van der Waals surface area contributed by atoms with Gasteiger partial charge in [-0.1, -0.05) is 32.7 Å². The largest absolute Gasteiger partial charge is 0.370 e. The first kappa shape index (κ1) is 28.5. The number of carbonyl (C=O) groups excluding carboxylic acids is 2. The predicted molar refractivity (Wildman–Crippen MR) is 95.7 cm³/mol. The van der Waals surface area contributed by atoms with Crippen molar-refractivity contribution in [1.29, 1.82) is 0 Å². The molecule has 1 N–H and O–H groups in total. The van der Waals surface area contributed by atoms with Gasteiger partial charge in [0.05, 0.1) is 19.6 Å². The third kappa shape index (κ3) is 6.29. The standard InChI is InChI=1S/C18H31NO11.W/c1-5-8-23-15-12(4)18(11-13(20)19(18)22)17(27-30-29-25-10-7-3)16(14(15)21)26-28-24-9-6-2;/h12,15-17,22H,5-11H2,1-4H3;/t12-,15+,16-,17-,18?;/m1./s1. The van der Waals surface area contributed by atoms with Crippen LogP contribution in [0, 0.1) is 5.92 Å². The van der Waals surface area contributed by atoms with E-state index in [0.717, 1.165) is 0 Å². The van der Waals surface area contributed by atoms with Crippen LogP contribution in [0.5, 0.6) is 0 Å². The van der Waals surface area contributed by atoms with E-state index in [2.05, 4.69) is 10.1 Å². The van der Waals surface area contributed by atoms with E-state index in [1.54, 1.807) is 6.92 Å². The Hall–Kier alpha value is -0.532. The summed E-state index contributed by atoms with van der Waals surface area (Å²) in [5.41, 5.74) is -1.38. The van der Waals surface area contributed by atoms with Gasteiger partial charge in [0.2, 0.25) is 5.91 Å². The monoisotopic (exact) mass is 621 g/mol. The molecule has 1 aliphatic heterocycles. The zero-order chi connectivity index (χ0) is 22.1. The van der Waals surface area contributed by atoms with Crippen molar-refractivity contribution < 1.29 is 75.3 Å². The average molecular weight is 621 g/mol. The van der Waals surface area contributed by atoms with Gasteiger partial charge in [-0.05, 0) is 29.3 Å². The van der Waals surface area contributed by atoms with Gasteiger partial charge in [0.25, 0.3) is 0 Å². The van der Waals surface area contributed by atoms with E-state index in [1.165, 1.54) is 0 Å². The van der Waals surface area contributed by atoms with Crippen LogP contribution in [0.2, 0.25) is 0 Å². The third-order valence-corrected chi connectivity index (χ3v) is 5.12. The summed E-state index contributed by atoms with van der Waals surface area (Å²) >= 11 is 0. The Labute approximate surface area is 195 Å². The molecule has 1 amide bonds. The van der Waals surface area contributed by atoms with E-state index >= 15 is 0 Å². The van der Waals surface area contributed by atoms with Gasteiger partial charge in [-0.3, -0.25) is 14.8 Å². The summed E-state index contributed by atoms with van der Waals surface area (Å²) in [6, 6.07) is 0. The molecule has 2 rings (SSSR count). The van der Waals surface area contributed by atoms with E-state index in [9.17, 15) is 14.8 Å². The number of hydrogen-bond donors (Lipinski definition) is 1. The molecule has 0 aromatic carbocycles. The Morgan fingerprint density at radius 3 is 2.10 bits per heavy atom. The minimum atomic E-state index is -1.45. The van der Waals surface area contributed by atoms with Crippen molar-refractivity contribution >= 4 is 11.7 Å². The van der Waals surface area contributed by atoms with Gasteiger partial charge in [-0.25, -0.2) is 14.8 Å². The second-order valence-electron chi connectivity index (χ2n) is 7.24. The molecule has 31 heavy (non-hydrogen) atoms. The molecule has 1 spiro atoms. The van der Waals surface area contributed by atoms with Crippen LogP contribution in [0.4, 0.5) is 0 Å². The van der Waals surface area contributed by atoms with Crippen molar-refractivity contribution in [2.45, 2.75) is 77.2 Å². The average Bonchev–Trinajstić information content (AvgIpc) is 2.74. The van der Waals surface area contributed by atoms with Crippen molar-refractivity contribution in [3.05, 3.63) is 0 Å². The topological polar surface area (TPSA) is 131 Å². The Morgan fingerprint density at radius 1 is 0.935 bits per heavy atom. The quantitative estimate of drug-likeness (QED) is 0.0999. The van der Waals surface area contributed by atoms with Crippen molar-refractivity contribution in [3.63, 3.8) is 0 Å². The van der Waals surface area contributed by atoms with Gasteiger partial charge in [0.15, 0.2) is 18.0 Å². The second kappa shape index (κ2) is 13.9. The van der Waals surface area contributed by atoms with Gasteiger partial charge < -0.3 is 4.74 Å². The zero-order valence-corrected chi connectivity index (χ0v) is 21.1. The van der Waals surface area contributed by atoms with Crippen LogP contribution in [0.1, 0.15) is 53.4 Å². The van der Waals surface area contributed by atoms with E-state index in [1.807, 2.05) is 20.8 Å². The first-order chi connectivity index (χ1) is 14.4. The minimum Gasteiger partial charge on any atom is -0.370 e. The summed E-state index contributed by atoms with van der Waals surface area (Å²) in [5, 5.41) is 24.7. The fourth-order valence-electron chi connectivity index (χ4n) is 3.53. The smallest absolute Gasteiger partial charge is 0.249 e. The maximum absolute atomic E-state index is 13.1. The van der Waals surface area contributed by atoms with Crippen LogP contribution in [-0.4, -0.2) is 65.6 Å². The van der Waals surface area contributed by atoms with Gasteiger partial charge in [0.1, 0.15) is 11.6 Å². The second-order valence-corrected chi connectivity index (χ2v) is 7.24. The van der Waals surface area contributed by atoms with Crippen LogP contribution in [0.15, 0.2) is 0 Å². The molecule has 1 saturated carbocycles.